The van der Waals surface area contributed by atoms with Crippen molar-refractivity contribution in [2.45, 2.75) is 30.8 Å². The molecule has 0 fully saturated rings. The predicted octanol–water partition coefficient (Wildman–Crippen LogP) is 3.35. The van der Waals surface area contributed by atoms with Gasteiger partial charge in [-0.05, 0) is 48.3 Å². The summed E-state index contributed by atoms with van der Waals surface area (Å²) in [6, 6.07) is 5.79. The van der Waals surface area contributed by atoms with Crippen LogP contribution < -0.4 is 0 Å². The lowest BCUT2D eigenvalue weighted by atomic mass is 9.89. The van der Waals surface area contributed by atoms with Crippen LogP contribution >= 0.6 is 23.5 Å². The number of hydrogen-bond donors (Lipinski definition) is 0. The number of rotatable bonds is 3. The number of fused-ring (bicyclic) bond motifs is 3. The zero-order valence-corrected chi connectivity index (χ0v) is 15.0. The Morgan fingerprint density at radius 2 is 2.12 bits per heavy atom. The molecule has 0 radical (unpaired) electrons. The molecule has 3 aliphatic rings. The Kier molecular flexibility index (Phi) is 3.74. The van der Waals surface area contributed by atoms with E-state index in [1.807, 2.05) is 28.8 Å². The molecule has 1 aliphatic carbocycles. The Labute approximate surface area is 152 Å². The zero-order valence-electron chi connectivity index (χ0n) is 13.4. The predicted molar refractivity (Wildman–Crippen MR) is 100 cm³/mol. The van der Waals surface area contributed by atoms with E-state index in [9.17, 15) is 4.79 Å². The summed E-state index contributed by atoms with van der Waals surface area (Å²) < 4.78 is 1.93. The van der Waals surface area contributed by atoms with E-state index >= 15 is 0 Å². The van der Waals surface area contributed by atoms with E-state index in [0.717, 1.165) is 28.7 Å². The van der Waals surface area contributed by atoms with E-state index in [1.165, 1.54) is 35.1 Å². The molecule has 25 heavy (non-hydrogen) atoms. The molecule has 0 N–H and O–H groups in total. The third-order valence-corrected chi connectivity index (χ3v) is 6.81. The van der Waals surface area contributed by atoms with Crippen molar-refractivity contribution in [2.75, 3.05) is 5.75 Å². The van der Waals surface area contributed by atoms with Gasteiger partial charge in [0.25, 0.3) is 5.91 Å². The molecule has 0 spiro atoms. The van der Waals surface area contributed by atoms with Crippen LogP contribution in [0.3, 0.4) is 0 Å². The largest absolute Gasteiger partial charge is 0.277 e. The van der Waals surface area contributed by atoms with Crippen molar-refractivity contribution in [2.24, 2.45) is 15.9 Å². The van der Waals surface area contributed by atoms with Crippen LogP contribution in [0.5, 0.6) is 0 Å². The topological polar surface area (TPSA) is 72.0 Å². The van der Waals surface area contributed by atoms with Gasteiger partial charge in [0.05, 0.1) is 10.8 Å². The lowest BCUT2D eigenvalue weighted by Crippen LogP contribution is -2.26. The standard InChI is InChI=1S/C17H15N5OS2/c23-15-14-10-5-1-2-6-11(10)25-16(14)19-12(18-15)9-24-17-21-20-13-7-3-4-8-22(13)17/h3-4,7-8,14H,1-2,5-6,9H2. The van der Waals surface area contributed by atoms with E-state index in [2.05, 4.69) is 20.2 Å². The van der Waals surface area contributed by atoms with Crippen molar-refractivity contribution in [3.8, 4) is 0 Å². The fourth-order valence-corrected chi connectivity index (χ4v) is 5.60. The number of aliphatic imine (C=N–C) groups is 2. The molecule has 0 bridgehead atoms. The first-order valence-electron chi connectivity index (χ1n) is 8.32. The third kappa shape index (κ3) is 2.64. The summed E-state index contributed by atoms with van der Waals surface area (Å²) in [5, 5.41) is 10.0. The van der Waals surface area contributed by atoms with Gasteiger partial charge in [-0.15, -0.1) is 10.2 Å². The van der Waals surface area contributed by atoms with Gasteiger partial charge in [-0.1, -0.05) is 29.6 Å². The van der Waals surface area contributed by atoms with Crippen LogP contribution in [0.2, 0.25) is 0 Å². The molecule has 6 nitrogen and oxygen atoms in total. The normalized spacial score (nSPS) is 22.7. The van der Waals surface area contributed by atoms with Crippen LogP contribution in [0.4, 0.5) is 0 Å². The second-order valence-corrected chi connectivity index (χ2v) is 8.26. The number of nitrogens with zero attached hydrogens (tertiary/aromatic N) is 5. The highest BCUT2D eigenvalue weighted by molar-refractivity contribution is 8.17. The minimum absolute atomic E-state index is 0.0499. The summed E-state index contributed by atoms with van der Waals surface area (Å²) >= 11 is 3.20. The number of pyridine rings is 1. The molecule has 4 heterocycles. The molecule has 1 unspecified atom stereocenters. The SMILES string of the molecule is O=C1N=C(CSc2nnc3ccccn23)N=C2SC3=C(CCCC3)C12. The van der Waals surface area contributed by atoms with Crippen LogP contribution in [0, 0.1) is 5.92 Å². The summed E-state index contributed by atoms with van der Waals surface area (Å²) in [6.07, 6.45) is 6.41. The molecular formula is C17H15N5OS2. The lowest BCUT2D eigenvalue weighted by Gasteiger charge is -2.18. The number of amidine groups is 1. The maximum Gasteiger partial charge on any atom is 0.261 e. The molecule has 2 aliphatic heterocycles. The molecule has 0 aromatic carbocycles. The molecule has 0 saturated heterocycles. The van der Waals surface area contributed by atoms with Crippen molar-refractivity contribution in [3.05, 3.63) is 34.9 Å². The number of carbonyl (C=O) groups excluding carboxylic acids is 1. The fraction of sp³-hybridized carbons (Fsp3) is 0.353. The van der Waals surface area contributed by atoms with Crippen molar-refractivity contribution in [1.29, 1.82) is 0 Å². The molecule has 1 amide bonds. The van der Waals surface area contributed by atoms with E-state index in [-0.39, 0.29) is 11.8 Å². The van der Waals surface area contributed by atoms with Gasteiger partial charge in [0.15, 0.2) is 10.8 Å². The minimum Gasteiger partial charge on any atom is -0.277 e. The average Bonchev–Trinajstić information content (AvgIpc) is 3.21. The van der Waals surface area contributed by atoms with Crippen LogP contribution in [0.25, 0.3) is 5.65 Å². The molecule has 126 valence electrons. The second-order valence-electron chi connectivity index (χ2n) is 6.21. The third-order valence-electron chi connectivity index (χ3n) is 4.62. The van der Waals surface area contributed by atoms with Gasteiger partial charge < -0.3 is 0 Å². The molecular weight excluding hydrogens is 354 g/mol. The monoisotopic (exact) mass is 369 g/mol. The number of allylic oxidation sites excluding steroid dienone is 1. The van der Waals surface area contributed by atoms with Crippen molar-refractivity contribution >= 4 is 46.0 Å². The number of aromatic nitrogens is 3. The molecule has 2 aromatic rings. The van der Waals surface area contributed by atoms with Crippen molar-refractivity contribution < 1.29 is 4.79 Å². The summed E-state index contributed by atoms with van der Waals surface area (Å²) in [4.78, 5) is 22.9. The quantitative estimate of drug-likeness (QED) is 0.776. The first-order valence-corrected chi connectivity index (χ1v) is 10.1. The smallest absolute Gasteiger partial charge is 0.261 e. The zero-order chi connectivity index (χ0) is 16.8. The highest BCUT2D eigenvalue weighted by atomic mass is 32.2. The molecule has 8 heteroatoms. The Morgan fingerprint density at radius 3 is 3.08 bits per heavy atom. The van der Waals surface area contributed by atoms with Crippen LogP contribution in [0.1, 0.15) is 25.7 Å². The molecule has 1 atom stereocenters. The lowest BCUT2D eigenvalue weighted by molar-refractivity contribution is -0.118. The first-order chi connectivity index (χ1) is 12.3. The maximum atomic E-state index is 12.6. The summed E-state index contributed by atoms with van der Waals surface area (Å²) in [5.41, 5.74) is 2.08. The van der Waals surface area contributed by atoms with E-state index in [0.29, 0.717) is 11.6 Å². The Morgan fingerprint density at radius 1 is 1.20 bits per heavy atom. The number of hydrogen-bond acceptors (Lipinski definition) is 6. The van der Waals surface area contributed by atoms with Gasteiger partial charge in [0.1, 0.15) is 11.8 Å². The number of thioether (sulfide) groups is 2. The molecule has 2 aromatic heterocycles. The van der Waals surface area contributed by atoms with Gasteiger partial charge in [-0.25, -0.2) is 4.99 Å². The Balaban J connectivity index is 1.35. The molecule has 5 rings (SSSR count). The summed E-state index contributed by atoms with van der Waals surface area (Å²) in [7, 11) is 0. The first kappa shape index (κ1) is 15.3. The Hall–Kier alpha value is -1.93. The second kappa shape index (κ2) is 6.10. The van der Waals surface area contributed by atoms with Crippen molar-refractivity contribution in [1.82, 2.24) is 14.6 Å². The minimum atomic E-state index is -0.192. The fourth-order valence-electron chi connectivity index (χ4n) is 3.45. The summed E-state index contributed by atoms with van der Waals surface area (Å²) in [5.74, 6) is 0.860. The van der Waals surface area contributed by atoms with E-state index < -0.39 is 0 Å². The number of carbonyl (C=O) groups is 1. The van der Waals surface area contributed by atoms with Crippen LogP contribution in [-0.2, 0) is 4.79 Å². The van der Waals surface area contributed by atoms with Gasteiger partial charge in [0, 0.05) is 6.20 Å². The van der Waals surface area contributed by atoms with Crippen molar-refractivity contribution in [3.63, 3.8) is 0 Å². The molecule has 0 saturated carbocycles. The van der Waals surface area contributed by atoms with E-state index in [4.69, 9.17) is 0 Å². The average molecular weight is 369 g/mol. The Bertz CT molecular complexity index is 974. The summed E-state index contributed by atoms with van der Waals surface area (Å²) in [6.45, 7) is 0. The number of amides is 1. The van der Waals surface area contributed by atoms with Crippen LogP contribution in [-0.4, -0.2) is 37.1 Å². The van der Waals surface area contributed by atoms with Gasteiger partial charge in [-0.3, -0.25) is 9.20 Å². The maximum absolute atomic E-state index is 12.6. The highest BCUT2D eigenvalue weighted by Gasteiger charge is 2.40. The van der Waals surface area contributed by atoms with Gasteiger partial charge >= 0.3 is 0 Å². The van der Waals surface area contributed by atoms with E-state index in [1.54, 1.807) is 11.8 Å². The highest BCUT2D eigenvalue weighted by Crippen LogP contribution is 2.47. The van der Waals surface area contributed by atoms with Gasteiger partial charge in [-0.2, -0.15) is 4.99 Å². The van der Waals surface area contributed by atoms with Crippen LogP contribution in [0.15, 0.2) is 50.0 Å². The van der Waals surface area contributed by atoms with Gasteiger partial charge in [0.2, 0.25) is 0 Å².